The van der Waals surface area contributed by atoms with Gasteiger partial charge in [-0.3, -0.25) is 33.6 Å². The van der Waals surface area contributed by atoms with Crippen molar-refractivity contribution in [2.24, 2.45) is 0 Å². The van der Waals surface area contributed by atoms with Crippen LogP contribution < -0.4 is 5.32 Å². The molecule has 2 heterocycles. The predicted octanol–water partition coefficient (Wildman–Crippen LogP) is -0.176. The molecule has 2 aliphatic rings. The van der Waals surface area contributed by atoms with E-state index in [-0.39, 0.29) is 63.8 Å². The van der Waals surface area contributed by atoms with Gasteiger partial charge in [0.05, 0.1) is 12.8 Å². The molecule has 15 nitrogen and oxygen atoms in total. The van der Waals surface area contributed by atoms with Gasteiger partial charge < -0.3 is 19.9 Å². The van der Waals surface area contributed by atoms with Crippen molar-refractivity contribution in [3.63, 3.8) is 0 Å². The maximum Gasteiger partial charge on any atom is 0.334 e. The zero-order valence-electron chi connectivity index (χ0n) is 21.4. The molecule has 0 saturated carbocycles. The number of Topliss-reactive ketones (excluding diaryl/α,β-unsaturated/α-hetero) is 1. The van der Waals surface area contributed by atoms with Crippen LogP contribution >= 0.6 is 31.9 Å². The summed E-state index contributed by atoms with van der Waals surface area (Å²) in [6.45, 7) is -0.777. The van der Waals surface area contributed by atoms with Crippen LogP contribution in [0.15, 0.2) is 0 Å². The minimum Gasteiger partial charge on any atom is -0.344 e. The molecule has 2 aliphatic heterocycles. The highest BCUT2D eigenvalue weighted by Crippen LogP contribution is 2.15. The van der Waals surface area contributed by atoms with Gasteiger partial charge in [-0.25, -0.2) is 9.59 Å². The van der Waals surface area contributed by atoms with Gasteiger partial charge in [0.25, 0.3) is 23.6 Å². The number of carbonyl (C=O) groups excluding carboxylic acids is 9. The van der Waals surface area contributed by atoms with E-state index < -0.39 is 66.3 Å². The Kier molecular flexibility index (Phi) is 13.3. The van der Waals surface area contributed by atoms with E-state index >= 15 is 0 Å². The molecule has 220 valence electrons. The molecule has 17 heteroatoms. The van der Waals surface area contributed by atoms with Crippen LogP contribution in [-0.2, 0) is 52.8 Å². The van der Waals surface area contributed by atoms with Crippen LogP contribution in [0.2, 0.25) is 0 Å². The minimum absolute atomic E-state index is 0.00481. The zero-order chi connectivity index (χ0) is 29.8. The third kappa shape index (κ3) is 10.1. The van der Waals surface area contributed by atoms with E-state index in [9.17, 15) is 43.2 Å². The van der Waals surface area contributed by atoms with E-state index in [4.69, 9.17) is 9.68 Å². The first-order chi connectivity index (χ1) is 19.0. The summed E-state index contributed by atoms with van der Waals surface area (Å²) in [7, 11) is 0. The molecule has 2 fully saturated rings. The van der Waals surface area contributed by atoms with E-state index in [1.165, 1.54) is 0 Å². The minimum atomic E-state index is -1.33. The van der Waals surface area contributed by atoms with E-state index in [1.807, 2.05) is 0 Å². The number of nitrogens with zero attached hydrogens (tertiary/aromatic N) is 3. The number of hydroxylamine groups is 4. The van der Waals surface area contributed by atoms with Crippen molar-refractivity contribution in [3.8, 4) is 0 Å². The fourth-order valence-corrected chi connectivity index (χ4v) is 4.41. The fourth-order valence-electron chi connectivity index (χ4n) is 3.60. The summed E-state index contributed by atoms with van der Waals surface area (Å²) in [5.74, 6) is -6.49. The summed E-state index contributed by atoms with van der Waals surface area (Å²) in [4.78, 5) is 120. The monoisotopic (exact) mass is 694 g/mol. The largest absolute Gasteiger partial charge is 0.344 e. The molecule has 2 saturated heterocycles. The Morgan fingerprint density at radius 1 is 0.725 bits per heavy atom. The van der Waals surface area contributed by atoms with Crippen molar-refractivity contribution in [2.75, 3.05) is 23.7 Å². The smallest absolute Gasteiger partial charge is 0.334 e. The molecule has 0 radical (unpaired) electrons. The summed E-state index contributed by atoms with van der Waals surface area (Å²) in [5, 5.41) is 3.79. The van der Waals surface area contributed by atoms with Gasteiger partial charge in [-0.05, 0) is 0 Å². The predicted molar refractivity (Wildman–Crippen MR) is 139 cm³/mol. The lowest BCUT2D eigenvalue weighted by molar-refractivity contribution is -0.198. The number of alkyl halides is 2. The summed E-state index contributed by atoms with van der Waals surface area (Å²) in [6, 6.07) is -1.33. The van der Waals surface area contributed by atoms with Crippen LogP contribution in [-0.4, -0.2) is 98.0 Å². The highest BCUT2D eigenvalue weighted by molar-refractivity contribution is 9.09. The molecular weight excluding hydrogens is 668 g/mol. The van der Waals surface area contributed by atoms with Crippen LogP contribution in [0.1, 0.15) is 57.8 Å². The van der Waals surface area contributed by atoms with Gasteiger partial charge in [-0.2, -0.15) is 0 Å². The second-order valence-electron chi connectivity index (χ2n) is 8.66. The van der Waals surface area contributed by atoms with Crippen LogP contribution in [0.3, 0.4) is 0 Å². The number of halogens is 2. The van der Waals surface area contributed by atoms with Gasteiger partial charge in [0.1, 0.15) is 11.8 Å². The van der Waals surface area contributed by atoms with E-state index in [0.717, 1.165) is 4.90 Å². The molecule has 1 atom stereocenters. The SMILES string of the molecule is O=C(CCBr)CC(NC(=O)CCBr)C(=O)N(CCC(=O)ON1C(=O)CCC1=O)CCC(=O)ON1C(=O)CCC1=O. The molecule has 0 aromatic heterocycles. The van der Waals surface area contributed by atoms with Crippen molar-refractivity contribution in [1.29, 1.82) is 0 Å². The average molecular weight is 696 g/mol. The first kappa shape index (κ1) is 33.0. The number of hydrogen-bond donors (Lipinski definition) is 1. The van der Waals surface area contributed by atoms with Crippen LogP contribution in [0.25, 0.3) is 0 Å². The molecule has 0 bridgehead atoms. The highest BCUT2D eigenvalue weighted by Gasteiger charge is 2.35. The second kappa shape index (κ2) is 16.2. The topological polar surface area (TPSA) is 194 Å². The van der Waals surface area contributed by atoms with Crippen LogP contribution in [0, 0.1) is 0 Å². The van der Waals surface area contributed by atoms with Crippen molar-refractivity contribution >= 4 is 85.0 Å². The Balaban J connectivity index is 2.14. The van der Waals surface area contributed by atoms with E-state index in [1.54, 1.807) is 0 Å². The van der Waals surface area contributed by atoms with Crippen molar-refractivity contribution < 1.29 is 52.8 Å². The molecule has 2 rings (SSSR count). The van der Waals surface area contributed by atoms with E-state index in [0.29, 0.717) is 20.8 Å². The van der Waals surface area contributed by atoms with Gasteiger partial charge in [0.15, 0.2) is 0 Å². The standard InChI is InChI=1S/C23H28Br2N4O11/c24-9-5-14(30)13-15(26-16(31)6-10-25)23(38)27(11-7-21(36)39-28-17(32)1-2-18(28)33)12-8-22(37)40-29-19(34)3-4-20(29)35/h15H,1-13H2,(H,26,31). The fraction of sp³-hybridized carbons (Fsp3) is 0.609. The summed E-state index contributed by atoms with van der Waals surface area (Å²) < 4.78 is 0. The van der Waals surface area contributed by atoms with Gasteiger partial charge in [-0.1, -0.05) is 31.9 Å². The van der Waals surface area contributed by atoms with E-state index in [2.05, 4.69) is 37.2 Å². The Labute approximate surface area is 245 Å². The Morgan fingerprint density at radius 2 is 1.15 bits per heavy atom. The number of carbonyl (C=O) groups is 9. The number of amides is 6. The van der Waals surface area contributed by atoms with Crippen molar-refractivity contribution in [3.05, 3.63) is 0 Å². The Hall–Kier alpha value is -3.21. The maximum atomic E-state index is 13.4. The average Bonchev–Trinajstić information content (AvgIpc) is 3.38. The number of hydrogen-bond acceptors (Lipinski definition) is 11. The third-order valence-corrected chi connectivity index (χ3v) is 6.43. The number of nitrogens with one attached hydrogen (secondary N) is 1. The van der Waals surface area contributed by atoms with Crippen molar-refractivity contribution in [2.45, 2.75) is 63.8 Å². The summed E-state index contributed by atoms with van der Waals surface area (Å²) in [6.07, 6.45) is -1.76. The van der Waals surface area contributed by atoms with Gasteiger partial charge in [0, 0.05) is 68.7 Å². The van der Waals surface area contributed by atoms with Gasteiger partial charge in [-0.15, -0.1) is 10.1 Å². The number of imide groups is 2. The lowest BCUT2D eigenvalue weighted by atomic mass is 10.1. The molecule has 1 unspecified atom stereocenters. The lowest BCUT2D eigenvalue weighted by Crippen LogP contribution is -2.50. The van der Waals surface area contributed by atoms with Gasteiger partial charge >= 0.3 is 11.9 Å². The quantitative estimate of drug-likeness (QED) is 0.166. The highest BCUT2D eigenvalue weighted by atomic mass is 79.9. The first-order valence-electron chi connectivity index (χ1n) is 12.3. The summed E-state index contributed by atoms with van der Waals surface area (Å²) >= 11 is 6.25. The Morgan fingerprint density at radius 3 is 1.55 bits per heavy atom. The molecule has 0 spiro atoms. The lowest BCUT2D eigenvalue weighted by Gasteiger charge is -2.27. The summed E-state index contributed by atoms with van der Waals surface area (Å²) in [5.41, 5.74) is 0. The molecule has 6 amide bonds. The molecule has 0 aliphatic carbocycles. The first-order valence-corrected chi connectivity index (χ1v) is 14.6. The number of ketones is 1. The molecule has 0 aromatic carbocycles. The van der Waals surface area contributed by atoms with Crippen LogP contribution in [0.4, 0.5) is 0 Å². The van der Waals surface area contributed by atoms with Crippen molar-refractivity contribution in [1.82, 2.24) is 20.3 Å². The maximum absolute atomic E-state index is 13.4. The van der Waals surface area contributed by atoms with Gasteiger partial charge in [0.2, 0.25) is 11.8 Å². The molecule has 0 aromatic rings. The molecule has 40 heavy (non-hydrogen) atoms. The Bertz CT molecular complexity index is 961. The number of rotatable bonds is 16. The molecular formula is C23H28Br2N4O11. The molecule has 1 N–H and O–H groups in total. The normalized spacial score (nSPS) is 15.8. The third-order valence-electron chi connectivity index (χ3n) is 5.64. The second-order valence-corrected chi connectivity index (χ2v) is 10.2. The van der Waals surface area contributed by atoms with Crippen LogP contribution in [0.5, 0.6) is 0 Å². The zero-order valence-corrected chi connectivity index (χ0v) is 24.5.